The Bertz CT molecular complexity index is 529. The van der Waals surface area contributed by atoms with Gasteiger partial charge in [-0.3, -0.25) is 4.79 Å². The van der Waals surface area contributed by atoms with Crippen LogP contribution in [0.1, 0.15) is 12.5 Å². The number of hydrogen-bond acceptors (Lipinski definition) is 3. The Balaban J connectivity index is 2.12. The summed E-state index contributed by atoms with van der Waals surface area (Å²) in [7, 11) is 0. The standard InChI is InChI=1S/C14H16N2O2/c1-11-3-5-13(6-4-11)14-15-7-8-16(14)9-10-18-12(2)17/h3-8H,9-10H2,1-2H3. The van der Waals surface area contributed by atoms with E-state index in [9.17, 15) is 4.79 Å². The summed E-state index contributed by atoms with van der Waals surface area (Å²) >= 11 is 0. The number of nitrogens with zero attached hydrogens (tertiary/aromatic N) is 2. The van der Waals surface area contributed by atoms with Crippen molar-refractivity contribution >= 4 is 5.97 Å². The molecule has 18 heavy (non-hydrogen) atoms. The van der Waals surface area contributed by atoms with Crippen LogP contribution in [0.15, 0.2) is 36.7 Å². The smallest absolute Gasteiger partial charge is 0.302 e. The van der Waals surface area contributed by atoms with Crippen LogP contribution in [0, 0.1) is 6.92 Å². The van der Waals surface area contributed by atoms with Crippen LogP contribution in [0.25, 0.3) is 11.4 Å². The topological polar surface area (TPSA) is 44.1 Å². The second kappa shape index (κ2) is 5.49. The Kier molecular flexibility index (Phi) is 3.77. The minimum atomic E-state index is -0.257. The van der Waals surface area contributed by atoms with Crippen molar-refractivity contribution in [2.75, 3.05) is 6.61 Å². The van der Waals surface area contributed by atoms with Gasteiger partial charge in [0.15, 0.2) is 0 Å². The number of aryl methyl sites for hydroxylation is 1. The molecule has 0 spiro atoms. The third-order valence-electron chi connectivity index (χ3n) is 2.66. The lowest BCUT2D eigenvalue weighted by atomic mass is 10.1. The van der Waals surface area contributed by atoms with Crippen molar-refractivity contribution in [3.63, 3.8) is 0 Å². The van der Waals surface area contributed by atoms with Crippen molar-refractivity contribution in [1.29, 1.82) is 0 Å². The second-order valence-corrected chi connectivity index (χ2v) is 4.15. The van der Waals surface area contributed by atoms with Crippen molar-refractivity contribution in [2.45, 2.75) is 20.4 Å². The zero-order valence-electron chi connectivity index (χ0n) is 10.6. The summed E-state index contributed by atoms with van der Waals surface area (Å²) in [6, 6.07) is 8.20. The van der Waals surface area contributed by atoms with Crippen molar-refractivity contribution < 1.29 is 9.53 Å². The first-order chi connectivity index (χ1) is 8.66. The maximum Gasteiger partial charge on any atom is 0.302 e. The molecule has 2 aromatic rings. The highest BCUT2D eigenvalue weighted by Crippen LogP contribution is 2.17. The van der Waals surface area contributed by atoms with E-state index in [1.807, 2.05) is 22.9 Å². The van der Waals surface area contributed by atoms with Crippen LogP contribution >= 0.6 is 0 Å². The first kappa shape index (κ1) is 12.4. The van der Waals surface area contributed by atoms with Gasteiger partial charge in [-0.15, -0.1) is 0 Å². The van der Waals surface area contributed by atoms with Gasteiger partial charge in [0, 0.05) is 24.9 Å². The van der Waals surface area contributed by atoms with Crippen LogP contribution < -0.4 is 0 Å². The zero-order valence-corrected chi connectivity index (χ0v) is 10.6. The van der Waals surface area contributed by atoms with Gasteiger partial charge in [0.1, 0.15) is 12.4 Å². The maximum atomic E-state index is 10.7. The number of carbonyl (C=O) groups excluding carboxylic acids is 1. The van der Waals surface area contributed by atoms with Gasteiger partial charge in [-0.25, -0.2) is 4.98 Å². The Morgan fingerprint density at radius 2 is 2.06 bits per heavy atom. The van der Waals surface area contributed by atoms with Gasteiger partial charge in [-0.1, -0.05) is 29.8 Å². The lowest BCUT2D eigenvalue weighted by molar-refractivity contribution is -0.141. The number of benzene rings is 1. The van der Waals surface area contributed by atoms with Crippen molar-refractivity contribution in [2.24, 2.45) is 0 Å². The molecule has 0 aliphatic heterocycles. The van der Waals surface area contributed by atoms with Crippen molar-refractivity contribution in [3.8, 4) is 11.4 Å². The molecule has 4 nitrogen and oxygen atoms in total. The summed E-state index contributed by atoms with van der Waals surface area (Å²) in [5, 5.41) is 0. The van der Waals surface area contributed by atoms with E-state index >= 15 is 0 Å². The van der Waals surface area contributed by atoms with Crippen LogP contribution in [-0.2, 0) is 16.1 Å². The predicted octanol–water partition coefficient (Wildman–Crippen LogP) is 2.42. The summed E-state index contributed by atoms with van der Waals surface area (Å²) in [6.45, 7) is 4.44. The number of hydrogen-bond donors (Lipinski definition) is 0. The van der Waals surface area contributed by atoms with Crippen LogP contribution in [-0.4, -0.2) is 22.1 Å². The van der Waals surface area contributed by atoms with E-state index in [-0.39, 0.29) is 5.97 Å². The first-order valence-electron chi connectivity index (χ1n) is 5.88. The lowest BCUT2D eigenvalue weighted by Crippen LogP contribution is -2.09. The third kappa shape index (κ3) is 2.97. The van der Waals surface area contributed by atoms with Crippen molar-refractivity contribution in [3.05, 3.63) is 42.2 Å². The molecule has 0 saturated carbocycles. The minimum Gasteiger partial charge on any atom is -0.464 e. The normalized spacial score (nSPS) is 10.3. The zero-order chi connectivity index (χ0) is 13.0. The van der Waals surface area contributed by atoms with Crippen LogP contribution in [0.3, 0.4) is 0 Å². The van der Waals surface area contributed by atoms with E-state index in [1.54, 1.807) is 6.20 Å². The molecule has 94 valence electrons. The quantitative estimate of drug-likeness (QED) is 0.776. The van der Waals surface area contributed by atoms with Gasteiger partial charge < -0.3 is 9.30 Å². The Hall–Kier alpha value is -2.10. The largest absolute Gasteiger partial charge is 0.464 e. The summed E-state index contributed by atoms with van der Waals surface area (Å²) in [6.07, 6.45) is 3.64. The first-order valence-corrected chi connectivity index (χ1v) is 5.88. The molecular weight excluding hydrogens is 228 g/mol. The minimum absolute atomic E-state index is 0.257. The lowest BCUT2D eigenvalue weighted by Gasteiger charge is -2.08. The number of rotatable bonds is 4. The summed E-state index contributed by atoms with van der Waals surface area (Å²) in [4.78, 5) is 15.1. The molecular formula is C14H16N2O2. The molecule has 0 atom stereocenters. The molecule has 0 amide bonds. The highest BCUT2D eigenvalue weighted by molar-refractivity contribution is 5.65. The average Bonchev–Trinajstić information content (AvgIpc) is 2.78. The number of ether oxygens (including phenoxy) is 1. The van der Waals surface area contributed by atoms with E-state index in [0.717, 1.165) is 11.4 Å². The summed E-state index contributed by atoms with van der Waals surface area (Å²) in [5.41, 5.74) is 2.28. The molecule has 4 heteroatoms. The number of aromatic nitrogens is 2. The highest BCUT2D eigenvalue weighted by Gasteiger charge is 2.05. The Labute approximate surface area is 106 Å². The van der Waals surface area contributed by atoms with Crippen molar-refractivity contribution in [1.82, 2.24) is 9.55 Å². The molecule has 1 aromatic carbocycles. The fourth-order valence-corrected chi connectivity index (χ4v) is 1.74. The van der Waals surface area contributed by atoms with Crippen LogP contribution in [0.5, 0.6) is 0 Å². The molecule has 0 bridgehead atoms. The van der Waals surface area contributed by atoms with E-state index in [4.69, 9.17) is 4.74 Å². The average molecular weight is 244 g/mol. The summed E-state index contributed by atoms with van der Waals surface area (Å²) < 4.78 is 6.92. The molecule has 0 aliphatic rings. The maximum absolute atomic E-state index is 10.7. The van der Waals surface area contributed by atoms with Gasteiger partial charge in [-0.05, 0) is 6.92 Å². The number of imidazole rings is 1. The van der Waals surface area contributed by atoms with Gasteiger partial charge in [-0.2, -0.15) is 0 Å². The van der Waals surface area contributed by atoms with Gasteiger partial charge >= 0.3 is 5.97 Å². The van der Waals surface area contributed by atoms with Gasteiger partial charge in [0.2, 0.25) is 0 Å². The molecule has 0 aliphatic carbocycles. The number of carbonyl (C=O) groups is 1. The van der Waals surface area contributed by atoms with E-state index in [1.165, 1.54) is 12.5 Å². The molecule has 1 aromatic heterocycles. The molecule has 0 radical (unpaired) electrons. The predicted molar refractivity (Wildman–Crippen MR) is 69.0 cm³/mol. The van der Waals surface area contributed by atoms with E-state index in [0.29, 0.717) is 13.2 Å². The Morgan fingerprint density at radius 3 is 2.72 bits per heavy atom. The highest BCUT2D eigenvalue weighted by atomic mass is 16.5. The molecule has 0 saturated heterocycles. The Morgan fingerprint density at radius 1 is 1.33 bits per heavy atom. The molecule has 0 unspecified atom stereocenters. The SMILES string of the molecule is CC(=O)OCCn1ccnc1-c1ccc(C)cc1. The van der Waals surface area contributed by atoms with Gasteiger partial charge in [0.05, 0.1) is 6.54 Å². The molecule has 2 rings (SSSR count). The third-order valence-corrected chi connectivity index (χ3v) is 2.66. The molecule has 0 fully saturated rings. The van der Waals surface area contributed by atoms with E-state index < -0.39 is 0 Å². The summed E-state index contributed by atoms with van der Waals surface area (Å²) in [5.74, 6) is 0.633. The molecule has 1 heterocycles. The number of esters is 1. The van der Waals surface area contributed by atoms with Crippen LogP contribution in [0.4, 0.5) is 0 Å². The van der Waals surface area contributed by atoms with E-state index in [2.05, 4.69) is 24.0 Å². The van der Waals surface area contributed by atoms with Gasteiger partial charge in [0.25, 0.3) is 0 Å². The monoisotopic (exact) mass is 244 g/mol. The van der Waals surface area contributed by atoms with Crippen LogP contribution in [0.2, 0.25) is 0 Å². The molecule has 0 N–H and O–H groups in total. The fourth-order valence-electron chi connectivity index (χ4n) is 1.74. The second-order valence-electron chi connectivity index (χ2n) is 4.15. The fraction of sp³-hybridized carbons (Fsp3) is 0.286.